The van der Waals surface area contributed by atoms with Gasteiger partial charge in [0.2, 0.25) is 0 Å². The fraction of sp³-hybridized carbons (Fsp3) is 0.471. The molecule has 5 nitrogen and oxygen atoms in total. The number of aryl methyl sites for hydroxylation is 1. The fourth-order valence-electron chi connectivity index (χ4n) is 3.40. The van der Waals surface area contributed by atoms with E-state index in [2.05, 4.69) is 10.00 Å². The molecule has 0 radical (unpaired) electrons. The lowest BCUT2D eigenvalue weighted by atomic mass is 9.92. The molecule has 1 fully saturated rings. The van der Waals surface area contributed by atoms with Crippen LogP contribution in [-0.4, -0.2) is 46.6 Å². The number of ether oxygens (including phenoxy) is 1. The van der Waals surface area contributed by atoms with Crippen molar-refractivity contribution >= 4 is 11.6 Å². The first-order chi connectivity index (χ1) is 11.1. The van der Waals surface area contributed by atoms with Crippen LogP contribution in [0.1, 0.15) is 17.0 Å². The van der Waals surface area contributed by atoms with Crippen LogP contribution in [-0.2, 0) is 13.6 Å². The van der Waals surface area contributed by atoms with Gasteiger partial charge in [-0.05, 0) is 23.8 Å². The van der Waals surface area contributed by atoms with E-state index in [4.69, 9.17) is 16.3 Å². The molecule has 0 aliphatic carbocycles. The van der Waals surface area contributed by atoms with Crippen LogP contribution < -0.4 is 4.74 Å². The summed E-state index contributed by atoms with van der Waals surface area (Å²) in [5, 5.41) is 14.7. The minimum Gasteiger partial charge on any atom is -0.496 e. The number of hydrogen-bond donors (Lipinski definition) is 1. The fourth-order valence-corrected chi connectivity index (χ4v) is 3.59. The summed E-state index contributed by atoms with van der Waals surface area (Å²) in [5.74, 6) is 1.38. The Kier molecular flexibility index (Phi) is 4.90. The van der Waals surface area contributed by atoms with Crippen molar-refractivity contribution < 1.29 is 9.84 Å². The average molecular weight is 336 g/mol. The molecule has 6 heteroatoms. The molecule has 1 aromatic heterocycles. The predicted octanol–water partition coefficient (Wildman–Crippen LogP) is 2.29. The van der Waals surface area contributed by atoms with Gasteiger partial charge in [-0.3, -0.25) is 9.58 Å². The first kappa shape index (κ1) is 16.3. The topological polar surface area (TPSA) is 50.5 Å². The smallest absolute Gasteiger partial charge is 0.123 e. The van der Waals surface area contributed by atoms with E-state index in [-0.39, 0.29) is 12.5 Å². The molecular formula is C17H22ClN3O2. The second-order valence-electron chi connectivity index (χ2n) is 6.15. The van der Waals surface area contributed by atoms with Gasteiger partial charge in [0.1, 0.15) is 5.75 Å². The monoisotopic (exact) mass is 335 g/mol. The number of aliphatic hydroxyl groups is 1. The molecule has 2 atom stereocenters. The van der Waals surface area contributed by atoms with Crippen LogP contribution in [0.4, 0.5) is 0 Å². The van der Waals surface area contributed by atoms with E-state index in [9.17, 15) is 5.11 Å². The number of methoxy groups -OCH3 is 1. The largest absolute Gasteiger partial charge is 0.496 e. The Morgan fingerprint density at radius 2 is 2.22 bits per heavy atom. The summed E-state index contributed by atoms with van der Waals surface area (Å²) in [6, 6.07) is 5.68. The zero-order chi connectivity index (χ0) is 16.4. The third kappa shape index (κ3) is 3.52. The minimum atomic E-state index is 0.183. The number of benzene rings is 1. The maximum Gasteiger partial charge on any atom is 0.123 e. The Morgan fingerprint density at radius 3 is 2.87 bits per heavy atom. The number of hydrogen-bond acceptors (Lipinski definition) is 4. The zero-order valence-corrected chi connectivity index (χ0v) is 14.2. The molecule has 2 heterocycles. The van der Waals surface area contributed by atoms with Crippen LogP contribution in [0.3, 0.4) is 0 Å². The molecule has 23 heavy (non-hydrogen) atoms. The lowest BCUT2D eigenvalue weighted by Crippen LogP contribution is -2.21. The number of halogens is 1. The highest BCUT2D eigenvalue weighted by molar-refractivity contribution is 6.30. The lowest BCUT2D eigenvalue weighted by molar-refractivity contribution is 0.213. The molecule has 0 bridgehead atoms. The van der Waals surface area contributed by atoms with Gasteiger partial charge in [-0.15, -0.1) is 0 Å². The first-order valence-electron chi connectivity index (χ1n) is 7.75. The molecule has 124 valence electrons. The molecule has 1 N–H and O–H groups in total. The first-order valence-corrected chi connectivity index (χ1v) is 8.12. The van der Waals surface area contributed by atoms with Gasteiger partial charge in [0.15, 0.2) is 0 Å². The van der Waals surface area contributed by atoms with E-state index >= 15 is 0 Å². The molecule has 1 aromatic carbocycles. The third-order valence-corrected chi connectivity index (χ3v) is 4.78. The summed E-state index contributed by atoms with van der Waals surface area (Å²) < 4.78 is 7.24. The molecule has 0 saturated carbocycles. The Balaban J connectivity index is 1.76. The van der Waals surface area contributed by atoms with Crippen LogP contribution in [0.15, 0.2) is 30.6 Å². The summed E-state index contributed by atoms with van der Waals surface area (Å²) >= 11 is 6.12. The molecule has 0 spiro atoms. The van der Waals surface area contributed by atoms with Crippen molar-refractivity contribution in [1.82, 2.24) is 14.7 Å². The van der Waals surface area contributed by atoms with Crippen LogP contribution in [0.2, 0.25) is 5.02 Å². The molecule has 0 amide bonds. The van der Waals surface area contributed by atoms with E-state index in [0.717, 1.165) is 30.9 Å². The van der Waals surface area contributed by atoms with Gasteiger partial charge in [-0.1, -0.05) is 11.6 Å². The Hall–Kier alpha value is -1.56. The van der Waals surface area contributed by atoms with E-state index < -0.39 is 0 Å². The number of aliphatic hydroxyl groups excluding tert-OH is 1. The van der Waals surface area contributed by atoms with Gasteiger partial charge < -0.3 is 9.84 Å². The Bertz CT molecular complexity index is 674. The zero-order valence-electron chi connectivity index (χ0n) is 13.4. The Labute approximate surface area is 141 Å². The van der Waals surface area contributed by atoms with Gasteiger partial charge >= 0.3 is 0 Å². The molecule has 1 saturated heterocycles. The number of likely N-dealkylation sites (tertiary alicyclic amines) is 1. The van der Waals surface area contributed by atoms with Gasteiger partial charge in [0.25, 0.3) is 0 Å². The van der Waals surface area contributed by atoms with Gasteiger partial charge in [0.05, 0.1) is 13.3 Å². The van der Waals surface area contributed by atoms with E-state index in [1.165, 1.54) is 5.56 Å². The quantitative estimate of drug-likeness (QED) is 0.911. The maximum atomic E-state index is 9.73. The summed E-state index contributed by atoms with van der Waals surface area (Å²) in [7, 11) is 3.59. The lowest BCUT2D eigenvalue weighted by Gasteiger charge is -2.18. The summed E-state index contributed by atoms with van der Waals surface area (Å²) in [4.78, 5) is 2.34. The Morgan fingerprint density at radius 1 is 1.39 bits per heavy atom. The van der Waals surface area contributed by atoms with Crippen LogP contribution in [0, 0.1) is 5.92 Å². The van der Waals surface area contributed by atoms with E-state index in [1.54, 1.807) is 7.11 Å². The molecule has 3 rings (SSSR count). The standard InChI is InChI=1S/C17H22ClN3O2/c1-20-7-13(6-19-20)16-10-21(9-14(16)11-22)8-12-5-15(18)3-4-17(12)23-2/h3-7,14,16,22H,8-11H2,1-2H3/t14-,16-/m0/s1. The van der Waals surface area contributed by atoms with Crippen molar-refractivity contribution in [2.75, 3.05) is 26.8 Å². The SMILES string of the molecule is COc1ccc(Cl)cc1CN1C[C@@H](CO)[C@H](c2cnn(C)c2)C1. The van der Waals surface area contributed by atoms with Crippen LogP contribution in [0.25, 0.3) is 0 Å². The number of rotatable bonds is 5. The van der Waals surface area contributed by atoms with Gasteiger partial charge in [0, 0.05) is 61.9 Å². The molecule has 2 aromatic rings. The minimum absolute atomic E-state index is 0.183. The van der Waals surface area contributed by atoms with Crippen molar-refractivity contribution in [3.05, 3.63) is 46.7 Å². The van der Waals surface area contributed by atoms with Crippen LogP contribution >= 0.6 is 11.6 Å². The summed E-state index contributed by atoms with van der Waals surface area (Å²) in [6.45, 7) is 2.69. The maximum absolute atomic E-state index is 9.73. The molecular weight excluding hydrogens is 314 g/mol. The molecule has 0 unspecified atom stereocenters. The van der Waals surface area contributed by atoms with Gasteiger partial charge in [-0.25, -0.2) is 0 Å². The second kappa shape index (κ2) is 6.91. The normalized spacial score (nSPS) is 21.7. The highest BCUT2D eigenvalue weighted by atomic mass is 35.5. The highest BCUT2D eigenvalue weighted by Crippen LogP contribution is 2.34. The number of nitrogens with zero attached hydrogens (tertiary/aromatic N) is 3. The molecule has 1 aliphatic rings. The van der Waals surface area contributed by atoms with Crippen molar-refractivity contribution in [3.63, 3.8) is 0 Å². The second-order valence-corrected chi connectivity index (χ2v) is 6.58. The summed E-state index contributed by atoms with van der Waals surface area (Å²) in [6.07, 6.45) is 3.94. The predicted molar refractivity (Wildman–Crippen MR) is 89.8 cm³/mol. The summed E-state index contributed by atoms with van der Waals surface area (Å²) in [5.41, 5.74) is 2.26. The van der Waals surface area contributed by atoms with Crippen molar-refractivity contribution in [1.29, 1.82) is 0 Å². The van der Waals surface area contributed by atoms with Crippen molar-refractivity contribution in [3.8, 4) is 5.75 Å². The van der Waals surface area contributed by atoms with Gasteiger partial charge in [-0.2, -0.15) is 5.10 Å². The molecule has 1 aliphatic heterocycles. The van der Waals surface area contributed by atoms with E-state index in [1.807, 2.05) is 42.3 Å². The highest BCUT2D eigenvalue weighted by Gasteiger charge is 2.34. The average Bonchev–Trinajstić information content (AvgIpc) is 3.13. The number of aromatic nitrogens is 2. The van der Waals surface area contributed by atoms with Crippen LogP contribution in [0.5, 0.6) is 5.75 Å². The van der Waals surface area contributed by atoms with Crippen molar-refractivity contribution in [2.45, 2.75) is 12.5 Å². The van der Waals surface area contributed by atoms with Crippen molar-refractivity contribution in [2.24, 2.45) is 13.0 Å². The van der Waals surface area contributed by atoms with E-state index in [0.29, 0.717) is 10.9 Å². The third-order valence-electron chi connectivity index (χ3n) is 4.54.